The van der Waals surface area contributed by atoms with Crippen LogP contribution in [0, 0.1) is 0 Å². The van der Waals surface area contributed by atoms with Crippen molar-refractivity contribution in [2.45, 2.75) is 0 Å². The van der Waals surface area contributed by atoms with E-state index in [4.69, 9.17) is 14.2 Å². The molecule has 1 heterocycles. The van der Waals surface area contributed by atoms with Crippen LogP contribution in [0.15, 0.2) is 42.6 Å². The van der Waals surface area contributed by atoms with Gasteiger partial charge in [-0.3, -0.25) is 0 Å². The van der Waals surface area contributed by atoms with Crippen LogP contribution in [0.1, 0.15) is 0 Å². The second-order valence-electron chi connectivity index (χ2n) is 5.03. The number of hydrogen-bond donors (Lipinski definition) is 1. The molecule has 6 heteroatoms. The fourth-order valence-corrected chi connectivity index (χ4v) is 4.13. The van der Waals surface area contributed by atoms with Gasteiger partial charge in [-0.15, -0.1) is 0 Å². The molecule has 0 radical (unpaired) electrons. The van der Waals surface area contributed by atoms with Crippen molar-refractivity contribution in [1.82, 2.24) is 3.98 Å². The molecule has 0 aliphatic rings. The second-order valence-corrected chi connectivity index (χ2v) is 6.71. The van der Waals surface area contributed by atoms with Crippen molar-refractivity contribution in [3.8, 4) is 44.1 Å². The van der Waals surface area contributed by atoms with Crippen molar-refractivity contribution < 1.29 is 19.3 Å². The number of phenolic OH excluding ortho intramolecular Hbond substituents is 1. The molecule has 1 N–H and O–H groups in total. The number of hydrogen-bond acceptors (Lipinski definition) is 5. The molecule has 5 nitrogen and oxygen atoms in total. The summed E-state index contributed by atoms with van der Waals surface area (Å²) in [5.41, 5.74) is 3.03. The average molecular weight is 390 g/mol. The molecule has 1 aromatic heterocycles. The van der Waals surface area contributed by atoms with Crippen molar-refractivity contribution in [2.24, 2.45) is 0 Å². The third kappa shape index (κ3) is 2.98. The van der Waals surface area contributed by atoms with Crippen LogP contribution in [-0.4, -0.2) is 45.1 Å². The molecule has 0 atom stereocenters. The normalized spacial score (nSPS) is 10.5. The first kappa shape index (κ1) is 16.4. The van der Waals surface area contributed by atoms with Crippen LogP contribution < -0.4 is 14.2 Å². The standard InChI is InChI=1S/C18H17NO4Se/c1-21-15-8-12(9-16(22-2)17(15)23-3)14-10-19-24-18(14)11-4-6-13(20)7-5-11/h4-10,20H,1-3H3. The molecule has 0 saturated heterocycles. The molecule has 2 aromatic carbocycles. The molecule has 24 heavy (non-hydrogen) atoms. The van der Waals surface area contributed by atoms with Gasteiger partial charge in [0.05, 0.1) is 0 Å². The van der Waals surface area contributed by atoms with Crippen LogP contribution in [0.3, 0.4) is 0 Å². The molecular formula is C18H17NO4Se. The number of ether oxygens (including phenoxy) is 3. The Morgan fingerprint density at radius 3 is 2.04 bits per heavy atom. The van der Waals surface area contributed by atoms with Gasteiger partial charge >= 0.3 is 146 Å². The van der Waals surface area contributed by atoms with Gasteiger partial charge in [0.25, 0.3) is 0 Å². The minimum absolute atomic E-state index is 0.00724. The molecule has 0 fully saturated rings. The van der Waals surface area contributed by atoms with E-state index in [-0.39, 0.29) is 20.5 Å². The molecule has 0 bridgehead atoms. The number of aromatic nitrogens is 1. The Balaban J connectivity index is 2.14. The van der Waals surface area contributed by atoms with Gasteiger partial charge in [0.2, 0.25) is 0 Å². The van der Waals surface area contributed by atoms with Crippen LogP contribution in [0.4, 0.5) is 0 Å². The van der Waals surface area contributed by atoms with E-state index in [1.807, 2.05) is 30.5 Å². The van der Waals surface area contributed by atoms with Crippen molar-refractivity contribution in [3.63, 3.8) is 0 Å². The Kier molecular flexibility index (Phi) is 4.78. The molecule has 0 saturated carbocycles. The van der Waals surface area contributed by atoms with E-state index in [2.05, 4.69) is 3.98 Å². The Labute approximate surface area is 146 Å². The van der Waals surface area contributed by atoms with Gasteiger partial charge in [-0.1, -0.05) is 0 Å². The summed E-state index contributed by atoms with van der Waals surface area (Å²) < 4.78 is 21.9. The molecule has 124 valence electrons. The van der Waals surface area contributed by atoms with Gasteiger partial charge in [0.1, 0.15) is 0 Å². The van der Waals surface area contributed by atoms with Crippen LogP contribution in [0.25, 0.3) is 21.1 Å². The predicted octanol–water partition coefficient (Wildman–Crippen LogP) is 3.20. The summed E-state index contributed by atoms with van der Waals surface area (Å²) >= 11 is -0.00724. The third-order valence-electron chi connectivity index (χ3n) is 3.68. The molecule has 3 rings (SSSR count). The van der Waals surface area contributed by atoms with Gasteiger partial charge in [0.15, 0.2) is 0 Å². The molecular weight excluding hydrogens is 373 g/mol. The molecule has 0 unspecified atom stereocenters. The van der Waals surface area contributed by atoms with Crippen molar-refractivity contribution in [3.05, 3.63) is 42.6 Å². The number of methoxy groups -OCH3 is 3. The molecule has 0 spiro atoms. The summed E-state index contributed by atoms with van der Waals surface area (Å²) in [5.74, 6) is 2.03. The van der Waals surface area contributed by atoms with Crippen molar-refractivity contribution in [2.75, 3.05) is 21.3 Å². The van der Waals surface area contributed by atoms with E-state index in [0.29, 0.717) is 17.2 Å². The third-order valence-corrected chi connectivity index (χ3v) is 5.46. The van der Waals surface area contributed by atoms with Gasteiger partial charge in [0, 0.05) is 0 Å². The Hall–Kier alpha value is -2.43. The van der Waals surface area contributed by atoms with E-state index < -0.39 is 0 Å². The number of phenols is 1. The Bertz CT molecular complexity index is 817. The fraction of sp³-hybridized carbons (Fsp3) is 0.167. The summed E-state index contributed by atoms with van der Waals surface area (Å²) in [6.45, 7) is 0. The monoisotopic (exact) mass is 391 g/mol. The first-order valence-electron chi connectivity index (χ1n) is 7.22. The topological polar surface area (TPSA) is 60.8 Å². The maximum absolute atomic E-state index is 9.49. The SMILES string of the molecule is COc1cc(-c2cn[se]c2-c2ccc(O)cc2)cc(OC)c1OC. The molecule has 3 aromatic rings. The first-order chi connectivity index (χ1) is 11.7. The molecule has 0 aliphatic heterocycles. The number of benzene rings is 2. The van der Waals surface area contributed by atoms with Crippen LogP contribution >= 0.6 is 0 Å². The van der Waals surface area contributed by atoms with Crippen LogP contribution in [-0.2, 0) is 0 Å². The van der Waals surface area contributed by atoms with E-state index in [1.54, 1.807) is 33.5 Å². The fourth-order valence-electron chi connectivity index (χ4n) is 2.50. The summed E-state index contributed by atoms with van der Waals surface area (Å²) in [4.78, 5) is 0. The summed E-state index contributed by atoms with van der Waals surface area (Å²) in [6.07, 6.45) is 1.88. The first-order valence-corrected chi connectivity index (χ1v) is 8.84. The zero-order valence-electron chi connectivity index (χ0n) is 13.6. The summed E-state index contributed by atoms with van der Waals surface area (Å²) in [5, 5.41) is 9.49. The zero-order chi connectivity index (χ0) is 17.1. The Morgan fingerprint density at radius 2 is 1.50 bits per heavy atom. The van der Waals surface area contributed by atoms with Gasteiger partial charge < -0.3 is 0 Å². The molecule has 0 amide bonds. The van der Waals surface area contributed by atoms with Crippen molar-refractivity contribution >= 4 is 14.7 Å². The number of nitrogens with zero attached hydrogens (tertiary/aromatic N) is 1. The summed E-state index contributed by atoms with van der Waals surface area (Å²) in [6, 6.07) is 11.0. The van der Waals surface area contributed by atoms with E-state index in [9.17, 15) is 5.11 Å². The van der Waals surface area contributed by atoms with Gasteiger partial charge in [-0.2, -0.15) is 0 Å². The van der Waals surface area contributed by atoms with Gasteiger partial charge in [-0.05, 0) is 0 Å². The van der Waals surface area contributed by atoms with Gasteiger partial charge in [-0.25, -0.2) is 0 Å². The van der Waals surface area contributed by atoms with Crippen LogP contribution in [0.2, 0.25) is 0 Å². The maximum atomic E-state index is 9.49. The van der Waals surface area contributed by atoms with E-state index >= 15 is 0 Å². The quantitative estimate of drug-likeness (QED) is 0.678. The summed E-state index contributed by atoms with van der Waals surface area (Å²) in [7, 11) is 4.79. The Morgan fingerprint density at radius 1 is 0.875 bits per heavy atom. The molecule has 0 aliphatic carbocycles. The second kappa shape index (κ2) is 6.99. The average Bonchev–Trinajstić information content (AvgIpc) is 3.10. The van der Waals surface area contributed by atoms with Crippen LogP contribution in [0.5, 0.6) is 23.0 Å². The zero-order valence-corrected chi connectivity index (χ0v) is 15.3. The number of rotatable bonds is 5. The van der Waals surface area contributed by atoms with E-state index in [0.717, 1.165) is 21.1 Å². The predicted molar refractivity (Wildman–Crippen MR) is 93.4 cm³/mol. The minimum atomic E-state index is -0.00724. The van der Waals surface area contributed by atoms with E-state index in [1.165, 1.54) is 0 Å². The van der Waals surface area contributed by atoms with Crippen molar-refractivity contribution in [1.29, 1.82) is 0 Å². The number of aromatic hydroxyl groups is 1.